The number of H-pyrrole nitrogens is 1. The molecule has 132 valence electrons. The summed E-state index contributed by atoms with van der Waals surface area (Å²) in [5.74, 6) is 0.434. The van der Waals surface area contributed by atoms with Gasteiger partial charge in [0.15, 0.2) is 5.11 Å². The third-order valence-corrected chi connectivity index (χ3v) is 5.76. The molecule has 0 bridgehead atoms. The lowest BCUT2D eigenvalue weighted by Gasteiger charge is -2.26. The Morgan fingerprint density at radius 2 is 2.00 bits per heavy atom. The van der Waals surface area contributed by atoms with E-state index in [1.807, 2.05) is 55.6 Å². The number of benzene rings is 2. The largest absolute Gasteiger partial charge is 0.361 e. The van der Waals surface area contributed by atoms with Crippen molar-refractivity contribution in [2.24, 2.45) is 0 Å². The van der Waals surface area contributed by atoms with Gasteiger partial charge in [-0.1, -0.05) is 36.4 Å². The highest BCUT2D eigenvalue weighted by molar-refractivity contribution is 8.00. The molecule has 3 aromatic rings. The molecule has 1 aliphatic rings. The van der Waals surface area contributed by atoms with Crippen LogP contribution < -0.4 is 10.7 Å². The summed E-state index contributed by atoms with van der Waals surface area (Å²) in [4.78, 5) is 15.7. The van der Waals surface area contributed by atoms with Crippen molar-refractivity contribution in [1.29, 1.82) is 0 Å². The minimum Gasteiger partial charge on any atom is -0.361 e. The number of nitrogens with zero attached hydrogens (tertiary/aromatic N) is 1. The van der Waals surface area contributed by atoms with Crippen molar-refractivity contribution in [3.8, 4) is 0 Å². The number of fused-ring (bicyclic) bond motifs is 1. The van der Waals surface area contributed by atoms with Gasteiger partial charge in [0.25, 0.3) is 5.91 Å². The van der Waals surface area contributed by atoms with Gasteiger partial charge in [-0.15, -0.1) is 11.8 Å². The third kappa shape index (κ3) is 3.15. The van der Waals surface area contributed by atoms with Crippen molar-refractivity contribution < 1.29 is 4.79 Å². The second-order valence-corrected chi connectivity index (χ2v) is 7.57. The first-order valence-corrected chi connectivity index (χ1v) is 9.72. The Morgan fingerprint density at radius 1 is 1.23 bits per heavy atom. The molecule has 26 heavy (non-hydrogen) atoms. The van der Waals surface area contributed by atoms with E-state index in [1.165, 1.54) is 0 Å². The number of thiocarbonyl (C=S) groups is 1. The molecule has 0 radical (unpaired) electrons. The number of carbonyl (C=O) groups excluding carboxylic acids is 1. The SMILES string of the molecule is Cc1ccccc1NC(=S)NN1C(=O)CS[C@H]1c1c[nH]c2ccccc12. The molecule has 1 saturated heterocycles. The van der Waals surface area contributed by atoms with E-state index in [2.05, 4.69) is 21.8 Å². The predicted octanol–water partition coefficient (Wildman–Crippen LogP) is 3.95. The van der Waals surface area contributed by atoms with Crippen LogP contribution in [0.5, 0.6) is 0 Å². The van der Waals surface area contributed by atoms with Gasteiger partial charge in [0.2, 0.25) is 0 Å². The van der Waals surface area contributed by atoms with Gasteiger partial charge in [-0.05, 0) is 36.8 Å². The number of hydrogen-bond acceptors (Lipinski definition) is 3. The first-order valence-electron chi connectivity index (χ1n) is 8.26. The summed E-state index contributed by atoms with van der Waals surface area (Å²) in [5, 5.41) is 6.18. The Balaban J connectivity index is 1.55. The Morgan fingerprint density at radius 3 is 2.85 bits per heavy atom. The van der Waals surface area contributed by atoms with Gasteiger partial charge in [-0.3, -0.25) is 10.2 Å². The highest BCUT2D eigenvalue weighted by Gasteiger charge is 2.35. The average Bonchev–Trinajstić information content (AvgIpc) is 3.21. The second-order valence-electron chi connectivity index (χ2n) is 6.10. The Hall–Kier alpha value is -2.51. The molecular formula is C19H18N4OS2. The van der Waals surface area contributed by atoms with Crippen LogP contribution in [-0.4, -0.2) is 26.8 Å². The topological polar surface area (TPSA) is 60.2 Å². The molecule has 1 aromatic heterocycles. The maximum Gasteiger partial charge on any atom is 0.252 e. The summed E-state index contributed by atoms with van der Waals surface area (Å²) in [5.41, 5.74) is 7.22. The van der Waals surface area contributed by atoms with Crippen LogP contribution in [0.2, 0.25) is 0 Å². The zero-order valence-corrected chi connectivity index (χ0v) is 15.8. The van der Waals surface area contributed by atoms with Crippen LogP contribution in [0.3, 0.4) is 0 Å². The van der Waals surface area contributed by atoms with Gasteiger partial charge in [0.05, 0.1) is 5.75 Å². The number of hydrogen-bond donors (Lipinski definition) is 3. The van der Waals surface area contributed by atoms with Crippen LogP contribution in [0.15, 0.2) is 54.7 Å². The predicted molar refractivity (Wildman–Crippen MR) is 111 cm³/mol. The number of carbonyl (C=O) groups is 1. The number of amides is 1. The molecule has 3 N–H and O–H groups in total. The highest BCUT2D eigenvalue weighted by atomic mass is 32.2. The minimum absolute atomic E-state index is 0.0132. The molecular weight excluding hydrogens is 364 g/mol. The van der Waals surface area contributed by atoms with Gasteiger partial charge in [-0.25, -0.2) is 5.01 Å². The lowest BCUT2D eigenvalue weighted by atomic mass is 10.1. The van der Waals surface area contributed by atoms with Crippen LogP contribution >= 0.6 is 24.0 Å². The number of aromatic amines is 1. The van der Waals surface area contributed by atoms with Gasteiger partial charge >= 0.3 is 0 Å². The van der Waals surface area contributed by atoms with Crippen molar-refractivity contribution in [2.45, 2.75) is 12.3 Å². The van der Waals surface area contributed by atoms with E-state index in [0.717, 1.165) is 27.7 Å². The quantitative estimate of drug-likeness (QED) is 0.599. The number of thioether (sulfide) groups is 1. The van der Waals surface area contributed by atoms with E-state index < -0.39 is 0 Å². The van der Waals surface area contributed by atoms with E-state index in [9.17, 15) is 4.79 Å². The van der Waals surface area contributed by atoms with E-state index in [-0.39, 0.29) is 11.3 Å². The molecule has 1 fully saturated rings. The van der Waals surface area contributed by atoms with E-state index in [4.69, 9.17) is 12.2 Å². The molecule has 1 atom stereocenters. The third-order valence-electron chi connectivity index (χ3n) is 4.37. The number of rotatable bonds is 3. The first-order chi connectivity index (χ1) is 12.6. The van der Waals surface area contributed by atoms with Crippen molar-refractivity contribution in [2.75, 3.05) is 11.1 Å². The summed E-state index contributed by atoms with van der Waals surface area (Å²) in [6.07, 6.45) is 1.97. The van der Waals surface area contributed by atoms with E-state index >= 15 is 0 Å². The molecule has 2 aromatic carbocycles. The molecule has 2 heterocycles. The van der Waals surface area contributed by atoms with Crippen LogP contribution in [0.4, 0.5) is 5.69 Å². The van der Waals surface area contributed by atoms with Crippen molar-refractivity contribution >= 4 is 51.6 Å². The fourth-order valence-corrected chi connectivity index (χ4v) is 4.39. The number of nitrogens with one attached hydrogen (secondary N) is 3. The maximum atomic E-state index is 12.4. The van der Waals surface area contributed by atoms with E-state index in [1.54, 1.807) is 16.8 Å². The molecule has 0 saturated carbocycles. The summed E-state index contributed by atoms with van der Waals surface area (Å²) < 4.78 is 0. The number of aryl methyl sites for hydroxylation is 1. The van der Waals surface area contributed by atoms with Crippen LogP contribution in [0, 0.1) is 6.92 Å². The normalized spacial score (nSPS) is 16.9. The summed E-state index contributed by atoms with van der Waals surface area (Å²) in [6, 6.07) is 16.0. The second kappa shape index (κ2) is 7.01. The summed E-state index contributed by atoms with van der Waals surface area (Å²) >= 11 is 7.02. The van der Waals surface area contributed by atoms with Crippen LogP contribution in [0.1, 0.15) is 16.5 Å². The number of aromatic nitrogens is 1. The Bertz CT molecular complexity index is 984. The number of para-hydroxylation sites is 2. The lowest BCUT2D eigenvalue weighted by molar-refractivity contribution is -0.129. The average molecular weight is 383 g/mol. The number of hydrazine groups is 1. The molecule has 7 heteroatoms. The van der Waals surface area contributed by atoms with Crippen molar-refractivity contribution in [3.05, 3.63) is 65.9 Å². The molecule has 4 rings (SSSR count). The standard InChI is InChI=1S/C19H18N4OS2/c1-12-6-2-4-8-15(12)21-19(25)22-23-17(24)11-26-18(23)14-10-20-16-9-5-3-7-13(14)16/h2-10,18,20H,11H2,1H3,(H2,21,22,25)/t18-/m0/s1. The molecule has 1 amide bonds. The molecule has 1 aliphatic heterocycles. The Labute approximate surface area is 161 Å². The first kappa shape index (κ1) is 16.9. The fourth-order valence-electron chi connectivity index (χ4n) is 3.05. The molecule has 0 spiro atoms. The van der Waals surface area contributed by atoms with Gasteiger partial charge in [0, 0.05) is 28.4 Å². The molecule has 5 nitrogen and oxygen atoms in total. The monoisotopic (exact) mass is 382 g/mol. The maximum absolute atomic E-state index is 12.4. The van der Waals surface area contributed by atoms with Crippen LogP contribution in [-0.2, 0) is 4.79 Å². The summed E-state index contributed by atoms with van der Waals surface area (Å²) in [7, 11) is 0. The molecule has 0 unspecified atom stereocenters. The molecule has 0 aliphatic carbocycles. The fraction of sp³-hybridized carbons (Fsp3) is 0.158. The Kier molecular flexibility index (Phi) is 4.57. The van der Waals surface area contributed by atoms with Crippen molar-refractivity contribution in [3.63, 3.8) is 0 Å². The van der Waals surface area contributed by atoms with Gasteiger partial charge < -0.3 is 10.3 Å². The zero-order valence-electron chi connectivity index (χ0n) is 14.2. The zero-order chi connectivity index (χ0) is 18.1. The van der Waals surface area contributed by atoms with Gasteiger partial charge in [0.1, 0.15) is 5.37 Å². The lowest BCUT2D eigenvalue weighted by Crippen LogP contribution is -2.46. The smallest absolute Gasteiger partial charge is 0.252 e. The number of anilines is 1. The minimum atomic E-state index is -0.129. The van der Waals surface area contributed by atoms with Crippen molar-refractivity contribution in [1.82, 2.24) is 15.4 Å². The highest BCUT2D eigenvalue weighted by Crippen LogP contribution is 2.40. The van der Waals surface area contributed by atoms with Crippen LogP contribution in [0.25, 0.3) is 10.9 Å². The van der Waals surface area contributed by atoms with E-state index in [0.29, 0.717) is 10.9 Å². The van der Waals surface area contributed by atoms with Gasteiger partial charge in [-0.2, -0.15) is 0 Å². The summed E-state index contributed by atoms with van der Waals surface area (Å²) in [6.45, 7) is 2.01.